The standard InChI is InChI=1S/C12H15NO2/c14-12-6-11(7-13-12)9-15-8-10-4-2-1-3-5-10/h1-5,11H,6-9H2,(H,13,14)/t11-/m0/s1. The zero-order valence-electron chi connectivity index (χ0n) is 8.61. The summed E-state index contributed by atoms with van der Waals surface area (Å²) in [6.45, 7) is 2.05. The lowest BCUT2D eigenvalue weighted by atomic mass is 10.1. The largest absolute Gasteiger partial charge is 0.376 e. The summed E-state index contributed by atoms with van der Waals surface area (Å²) in [5, 5.41) is 2.80. The Balaban J connectivity index is 1.69. The maximum Gasteiger partial charge on any atom is 0.220 e. The van der Waals surface area contributed by atoms with Crippen molar-refractivity contribution in [2.24, 2.45) is 5.92 Å². The van der Waals surface area contributed by atoms with Crippen molar-refractivity contribution in [1.29, 1.82) is 0 Å². The van der Waals surface area contributed by atoms with Crippen LogP contribution in [-0.4, -0.2) is 19.1 Å². The van der Waals surface area contributed by atoms with Crippen LogP contribution in [0, 0.1) is 5.92 Å². The second kappa shape index (κ2) is 4.94. The molecule has 0 saturated carbocycles. The van der Waals surface area contributed by atoms with E-state index < -0.39 is 0 Å². The van der Waals surface area contributed by atoms with Gasteiger partial charge in [0.05, 0.1) is 13.2 Å². The molecular weight excluding hydrogens is 190 g/mol. The van der Waals surface area contributed by atoms with Gasteiger partial charge in [0.1, 0.15) is 0 Å². The lowest BCUT2D eigenvalue weighted by molar-refractivity contribution is -0.119. The van der Waals surface area contributed by atoms with Crippen molar-refractivity contribution in [2.45, 2.75) is 13.0 Å². The highest BCUT2D eigenvalue weighted by Crippen LogP contribution is 2.10. The molecule has 15 heavy (non-hydrogen) atoms. The van der Waals surface area contributed by atoms with Crippen molar-refractivity contribution in [1.82, 2.24) is 5.32 Å². The molecule has 0 aromatic heterocycles. The molecule has 1 fully saturated rings. The number of hydrogen-bond donors (Lipinski definition) is 1. The summed E-state index contributed by atoms with van der Waals surface area (Å²) >= 11 is 0. The number of carbonyl (C=O) groups is 1. The fourth-order valence-corrected chi connectivity index (χ4v) is 1.70. The number of nitrogens with one attached hydrogen (secondary N) is 1. The van der Waals surface area contributed by atoms with Gasteiger partial charge in [-0.1, -0.05) is 30.3 Å². The molecule has 3 heteroatoms. The average molecular weight is 205 g/mol. The van der Waals surface area contributed by atoms with Crippen LogP contribution in [0.3, 0.4) is 0 Å². The van der Waals surface area contributed by atoms with Gasteiger partial charge in [-0.05, 0) is 5.56 Å². The van der Waals surface area contributed by atoms with Crippen LogP contribution in [0.4, 0.5) is 0 Å². The molecule has 1 heterocycles. The van der Waals surface area contributed by atoms with Gasteiger partial charge in [0.15, 0.2) is 0 Å². The lowest BCUT2D eigenvalue weighted by Crippen LogP contribution is -2.15. The first-order chi connectivity index (χ1) is 7.34. The predicted molar refractivity (Wildman–Crippen MR) is 57.2 cm³/mol. The van der Waals surface area contributed by atoms with Crippen LogP contribution in [0.15, 0.2) is 30.3 Å². The molecule has 1 aliphatic heterocycles. The molecule has 1 aliphatic rings. The minimum Gasteiger partial charge on any atom is -0.376 e. The lowest BCUT2D eigenvalue weighted by Gasteiger charge is -2.08. The van der Waals surface area contributed by atoms with E-state index >= 15 is 0 Å². The molecule has 0 radical (unpaired) electrons. The van der Waals surface area contributed by atoms with E-state index in [1.807, 2.05) is 30.3 Å². The van der Waals surface area contributed by atoms with E-state index in [4.69, 9.17) is 4.74 Å². The third-order valence-corrected chi connectivity index (χ3v) is 2.53. The Labute approximate surface area is 89.4 Å². The molecule has 1 atom stereocenters. The minimum atomic E-state index is 0.142. The SMILES string of the molecule is O=C1C[C@H](COCc2ccccc2)CN1. The van der Waals surface area contributed by atoms with Crippen molar-refractivity contribution >= 4 is 5.91 Å². The smallest absolute Gasteiger partial charge is 0.220 e. The molecular formula is C12H15NO2. The fourth-order valence-electron chi connectivity index (χ4n) is 1.70. The zero-order chi connectivity index (χ0) is 10.5. The highest BCUT2D eigenvalue weighted by atomic mass is 16.5. The normalized spacial score (nSPS) is 20.3. The van der Waals surface area contributed by atoms with E-state index in [2.05, 4.69) is 5.32 Å². The summed E-state index contributed by atoms with van der Waals surface area (Å²) in [5.74, 6) is 0.490. The van der Waals surface area contributed by atoms with Crippen LogP contribution in [0.2, 0.25) is 0 Å². The summed E-state index contributed by atoms with van der Waals surface area (Å²) in [6, 6.07) is 10.1. The Morgan fingerprint density at radius 1 is 1.33 bits per heavy atom. The average Bonchev–Trinajstić information content (AvgIpc) is 2.66. The third-order valence-electron chi connectivity index (χ3n) is 2.53. The molecule has 0 bridgehead atoms. The second-order valence-corrected chi connectivity index (χ2v) is 3.87. The highest BCUT2D eigenvalue weighted by Gasteiger charge is 2.21. The Bertz CT molecular complexity index is 324. The number of amides is 1. The van der Waals surface area contributed by atoms with Gasteiger partial charge in [0.2, 0.25) is 5.91 Å². The van der Waals surface area contributed by atoms with Gasteiger partial charge < -0.3 is 10.1 Å². The molecule has 1 aromatic carbocycles. The Kier molecular flexibility index (Phi) is 3.35. The predicted octanol–water partition coefficient (Wildman–Crippen LogP) is 1.34. The molecule has 80 valence electrons. The first-order valence-corrected chi connectivity index (χ1v) is 5.23. The number of hydrogen-bond acceptors (Lipinski definition) is 2. The number of carbonyl (C=O) groups excluding carboxylic acids is 1. The van der Waals surface area contributed by atoms with Crippen molar-refractivity contribution in [3.8, 4) is 0 Å². The van der Waals surface area contributed by atoms with Crippen LogP contribution in [0.1, 0.15) is 12.0 Å². The van der Waals surface area contributed by atoms with E-state index in [9.17, 15) is 4.79 Å². The van der Waals surface area contributed by atoms with E-state index in [0.29, 0.717) is 25.6 Å². The van der Waals surface area contributed by atoms with Gasteiger partial charge in [-0.15, -0.1) is 0 Å². The summed E-state index contributed by atoms with van der Waals surface area (Å²) in [5.41, 5.74) is 1.18. The molecule has 1 aromatic rings. The maximum absolute atomic E-state index is 10.9. The topological polar surface area (TPSA) is 38.3 Å². The monoisotopic (exact) mass is 205 g/mol. The van der Waals surface area contributed by atoms with Crippen molar-refractivity contribution in [2.75, 3.05) is 13.2 Å². The molecule has 1 amide bonds. The summed E-state index contributed by atoms with van der Waals surface area (Å²) in [4.78, 5) is 10.9. The van der Waals surface area contributed by atoms with E-state index in [0.717, 1.165) is 6.54 Å². The molecule has 3 nitrogen and oxygen atoms in total. The van der Waals surface area contributed by atoms with Crippen molar-refractivity contribution < 1.29 is 9.53 Å². The molecule has 0 spiro atoms. The second-order valence-electron chi connectivity index (χ2n) is 3.87. The van der Waals surface area contributed by atoms with E-state index in [1.165, 1.54) is 5.56 Å². The zero-order valence-corrected chi connectivity index (χ0v) is 8.61. The molecule has 1 saturated heterocycles. The fraction of sp³-hybridized carbons (Fsp3) is 0.417. The Hall–Kier alpha value is -1.35. The number of ether oxygens (including phenoxy) is 1. The van der Waals surface area contributed by atoms with Gasteiger partial charge in [0.25, 0.3) is 0 Å². The Morgan fingerprint density at radius 3 is 2.80 bits per heavy atom. The number of benzene rings is 1. The highest BCUT2D eigenvalue weighted by molar-refractivity contribution is 5.78. The third kappa shape index (κ3) is 3.06. The van der Waals surface area contributed by atoms with Crippen LogP contribution >= 0.6 is 0 Å². The minimum absolute atomic E-state index is 0.142. The quantitative estimate of drug-likeness (QED) is 0.805. The van der Waals surface area contributed by atoms with Gasteiger partial charge in [-0.3, -0.25) is 4.79 Å². The van der Waals surface area contributed by atoms with Gasteiger partial charge >= 0.3 is 0 Å². The molecule has 0 unspecified atom stereocenters. The summed E-state index contributed by atoms with van der Waals surface area (Å²) < 4.78 is 5.56. The van der Waals surface area contributed by atoms with Crippen LogP contribution in [0.25, 0.3) is 0 Å². The maximum atomic E-state index is 10.9. The van der Waals surface area contributed by atoms with Gasteiger partial charge in [0, 0.05) is 18.9 Å². The molecule has 0 aliphatic carbocycles. The first kappa shape index (κ1) is 10.2. The number of rotatable bonds is 4. The van der Waals surface area contributed by atoms with Crippen molar-refractivity contribution in [3.05, 3.63) is 35.9 Å². The van der Waals surface area contributed by atoms with Crippen molar-refractivity contribution in [3.63, 3.8) is 0 Å². The summed E-state index contributed by atoms with van der Waals surface area (Å²) in [7, 11) is 0. The summed E-state index contributed by atoms with van der Waals surface area (Å²) in [6.07, 6.45) is 0.606. The molecule has 2 rings (SSSR count). The van der Waals surface area contributed by atoms with E-state index in [-0.39, 0.29) is 5.91 Å². The van der Waals surface area contributed by atoms with Gasteiger partial charge in [-0.2, -0.15) is 0 Å². The van der Waals surface area contributed by atoms with Crippen LogP contribution in [0.5, 0.6) is 0 Å². The van der Waals surface area contributed by atoms with E-state index in [1.54, 1.807) is 0 Å². The Morgan fingerprint density at radius 2 is 2.13 bits per heavy atom. The van der Waals surface area contributed by atoms with Crippen LogP contribution < -0.4 is 5.32 Å². The first-order valence-electron chi connectivity index (χ1n) is 5.23. The molecule has 1 N–H and O–H groups in total. The van der Waals surface area contributed by atoms with Crippen LogP contribution in [-0.2, 0) is 16.1 Å². The van der Waals surface area contributed by atoms with Gasteiger partial charge in [-0.25, -0.2) is 0 Å².